The quantitative estimate of drug-likeness (QED) is 0.600. The fourth-order valence-electron chi connectivity index (χ4n) is 2.39. The lowest BCUT2D eigenvalue weighted by Gasteiger charge is -2.25. The molecule has 0 radical (unpaired) electrons. The molecule has 0 spiro atoms. The maximum Gasteiger partial charge on any atom is 0.310 e. The van der Waals surface area contributed by atoms with E-state index in [1.807, 2.05) is 0 Å². The van der Waals surface area contributed by atoms with E-state index in [1.165, 1.54) is 13.1 Å². The van der Waals surface area contributed by atoms with Gasteiger partial charge in [0.25, 0.3) is 11.8 Å². The van der Waals surface area contributed by atoms with E-state index in [2.05, 4.69) is 15.6 Å². The highest BCUT2D eigenvalue weighted by Gasteiger charge is 2.31. The molecule has 0 saturated carbocycles. The van der Waals surface area contributed by atoms with Crippen molar-refractivity contribution in [3.63, 3.8) is 0 Å². The van der Waals surface area contributed by atoms with Crippen molar-refractivity contribution >= 4 is 40.8 Å². The van der Waals surface area contributed by atoms with E-state index in [0.29, 0.717) is 17.1 Å². The number of pyridine rings is 1. The number of nitrogens with one attached hydrogen (secondary N) is 2. The molecule has 2 N–H and O–H groups in total. The van der Waals surface area contributed by atoms with Gasteiger partial charge in [-0.2, -0.15) is 0 Å². The summed E-state index contributed by atoms with van der Waals surface area (Å²) in [6.07, 6.45) is -0.969. The lowest BCUT2D eigenvalue weighted by molar-refractivity contribution is -0.155. The van der Waals surface area contributed by atoms with Gasteiger partial charge in [0.1, 0.15) is 5.75 Å². The normalized spacial score (nSPS) is 16.4. The van der Waals surface area contributed by atoms with Crippen LogP contribution in [0.15, 0.2) is 42.6 Å². The first-order valence-corrected chi connectivity index (χ1v) is 8.49. The van der Waals surface area contributed by atoms with Gasteiger partial charge < -0.3 is 20.1 Å². The predicted octanol–water partition coefficient (Wildman–Crippen LogP) is 2.40. The average molecular weight is 390 g/mol. The number of nitrogens with zero attached hydrogens (tertiary/aromatic N) is 1. The Hall–Kier alpha value is -3.13. The van der Waals surface area contributed by atoms with Crippen LogP contribution in [0.2, 0.25) is 5.15 Å². The van der Waals surface area contributed by atoms with Crippen LogP contribution in [-0.2, 0) is 19.1 Å². The Morgan fingerprint density at radius 1 is 1.33 bits per heavy atom. The molecule has 1 aromatic heterocycles. The van der Waals surface area contributed by atoms with E-state index in [0.717, 1.165) is 0 Å². The largest absolute Gasteiger partial charge is 0.478 e. The van der Waals surface area contributed by atoms with Crippen molar-refractivity contribution < 1.29 is 23.9 Å². The lowest BCUT2D eigenvalue weighted by Crippen LogP contribution is -2.40. The van der Waals surface area contributed by atoms with Crippen LogP contribution in [0, 0.1) is 0 Å². The Morgan fingerprint density at radius 3 is 2.89 bits per heavy atom. The van der Waals surface area contributed by atoms with Crippen LogP contribution in [0.5, 0.6) is 5.75 Å². The molecular formula is C18H16ClN3O5. The molecule has 0 unspecified atom stereocenters. The third kappa shape index (κ3) is 4.53. The van der Waals surface area contributed by atoms with Crippen LogP contribution in [0.25, 0.3) is 0 Å². The molecule has 9 heteroatoms. The smallest absolute Gasteiger partial charge is 0.310 e. The number of anilines is 2. The highest BCUT2D eigenvalue weighted by Crippen LogP contribution is 2.29. The van der Waals surface area contributed by atoms with Gasteiger partial charge in [-0.1, -0.05) is 23.7 Å². The monoisotopic (exact) mass is 389 g/mol. The van der Waals surface area contributed by atoms with E-state index < -0.39 is 30.0 Å². The van der Waals surface area contributed by atoms with Gasteiger partial charge in [0.05, 0.1) is 17.8 Å². The number of carbonyl (C=O) groups is 3. The fraction of sp³-hybridized carbons (Fsp3) is 0.222. The molecular weight excluding hydrogens is 374 g/mol. The molecule has 1 aliphatic heterocycles. The van der Waals surface area contributed by atoms with E-state index in [4.69, 9.17) is 21.1 Å². The Labute approximate surface area is 159 Å². The molecule has 0 saturated heterocycles. The zero-order valence-electron chi connectivity index (χ0n) is 14.3. The van der Waals surface area contributed by atoms with Gasteiger partial charge in [-0.25, -0.2) is 4.98 Å². The molecule has 140 valence electrons. The number of hydrogen-bond donors (Lipinski definition) is 2. The van der Waals surface area contributed by atoms with Crippen LogP contribution >= 0.6 is 11.6 Å². The molecule has 1 aromatic carbocycles. The maximum atomic E-state index is 12.1. The molecule has 2 aromatic rings. The zero-order valence-corrected chi connectivity index (χ0v) is 15.0. The summed E-state index contributed by atoms with van der Waals surface area (Å²) in [6, 6.07) is 10.1. The lowest BCUT2D eigenvalue weighted by atomic mass is 10.1. The topological polar surface area (TPSA) is 107 Å². The number of rotatable bonds is 5. The van der Waals surface area contributed by atoms with Gasteiger partial charge in [-0.3, -0.25) is 14.4 Å². The van der Waals surface area contributed by atoms with Crippen molar-refractivity contribution in [1.82, 2.24) is 4.98 Å². The predicted molar refractivity (Wildman–Crippen MR) is 97.5 cm³/mol. The van der Waals surface area contributed by atoms with Crippen LogP contribution in [0.3, 0.4) is 0 Å². The molecule has 0 fully saturated rings. The molecule has 0 aliphatic carbocycles. The maximum absolute atomic E-state index is 12.1. The number of amides is 2. The van der Waals surface area contributed by atoms with Crippen molar-refractivity contribution in [1.29, 1.82) is 0 Å². The number of fused-ring (bicyclic) bond motifs is 1. The van der Waals surface area contributed by atoms with E-state index >= 15 is 0 Å². The zero-order chi connectivity index (χ0) is 19.4. The first-order chi connectivity index (χ1) is 12.9. The van der Waals surface area contributed by atoms with E-state index in [1.54, 1.807) is 36.4 Å². The van der Waals surface area contributed by atoms with Crippen molar-refractivity contribution in [3.05, 3.63) is 47.7 Å². The van der Waals surface area contributed by atoms with Crippen molar-refractivity contribution in [3.8, 4) is 5.75 Å². The Balaban J connectivity index is 1.55. The van der Waals surface area contributed by atoms with E-state index in [-0.39, 0.29) is 11.6 Å². The summed E-state index contributed by atoms with van der Waals surface area (Å²) in [5.41, 5.74) is 0.840. The minimum absolute atomic E-state index is 0.121. The van der Waals surface area contributed by atoms with Gasteiger partial charge in [-0.05, 0) is 31.2 Å². The molecule has 3 rings (SSSR count). The first kappa shape index (κ1) is 18.7. The summed E-state index contributed by atoms with van der Waals surface area (Å²) in [5, 5.41) is 5.30. The summed E-state index contributed by atoms with van der Waals surface area (Å²) in [7, 11) is 0. The van der Waals surface area contributed by atoms with Crippen molar-refractivity contribution in [2.45, 2.75) is 25.6 Å². The third-order valence-electron chi connectivity index (χ3n) is 3.75. The minimum atomic E-state index is -1.09. The van der Waals surface area contributed by atoms with Gasteiger partial charge in [0.15, 0.2) is 17.4 Å². The number of ether oxygens (including phenoxy) is 2. The summed E-state index contributed by atoms with van der Waals surface area (Å²) in [5.74, 6) is -1.30. The fourth-order valence-corrected chi connectivity index (χ4v) is 2.56. The third-order valence-corrected chi connectivity index (χ3v) is 4.05. The highest BCUT2D eigenvalue weighted by molar-refractivity contribution is 6.32. The summed E-state index contributed by atoms with van der Waals surface area (Å²) in [6.45, 7) is 1.41. The summed E-state index contributed by atoms with van der Waals surface area (Å²) in [4.78, 5) is 40.1. The molecule has 8 nitrogen and oxygen atoms in total. The number of benzene rings is 1. The van der Waals surface area contributed by atoms with E-state index in [9.17, 15) is 14.4 Å². The van der Waals surface area contributed by atoms with Gasteiger partial charge >= 0.3 is 5.97 Å². The molecule has 0 bridgehead atoms. The molecule has 2 atom stereocenters. The molecule has 1 aliphatic rings. The van der Waals surface area contributed by atoms with Gasteiger partial charge in [0, 0.05) is 6.20 Å². The highest BCUT2D eigenvalue weighted by atomic mass is 35.5. The Morgan fingerprint density at radius 2 is 2.11 bits per heavy atom. The van der Waals surface area contributed by atoms with Crippen LogP contribution < -0.4 is 15.4 Å². The number of halogens is 1. The minimum Gasteiger partial charge on any atom is -0.478 e. The molecule has 27 heavy (non-hydrogen) atoms. The summed E-state index contributed by atoms with van der Waals surface area (Å²) < 4.78 is 10.6. The van der Waals surface area contributed by atoms with Crippen molar-refractivity contribution in [2.24, 2.45) is 0 Å². The SMILES string of the molecule is C[C@@H](OC(=O)C[C@H]1Oc2ccccc2NC1=O)C(=O)Nc1cccnc1Cl. The number of aromatic nitrogens is 1. The van der Waals surface area contributed by atoms with Gasteiger partial charge in [-0.15, -0.1) is 0 Å². The van der Waals surface area contributed by atoms with Crippen LogP contribution in [0.1, 0.15) is 13.3 Å². The van der Waals surface area contributed by atoms with Crippen LogP contribution in [0.4, 0.5) is 11.4 Å². The van der Waals surface area contributed by atoms with Gasteiger partial charge in [0.2, 0.25) is 0 Å². The molecule has 2 heterocycles. The second kappa shape index (κ2) is 8.05. The second-order valence-electron chi connectivity index (χ2n) is 5.76. The number of carbonyl (C=O) groups excluding carboxylic acids is 3. The standard InChI is InChI=1S/C18H16ClN3O5/c1-10(17(24)22-12-6-4-8-20-16(12)19)26-15(23)9-14-18(25)21-11-5-2-3-7-13(11)27-14/h2-8,10,14H,9H2,1H3,(H,21,25)(H,22,24)/t10-,14-/m1/s1. The molecule has 2 amide bonds. The average Bonchev–Trinajstić information content (AvgIpc) is 2.64. The van der Waals surface area contributed by atoms with Crippen LogP contribution in [-0.4, -0.2) is 35.0 Å². The Kier molecular flexibility index (Phi) is 5.56. The number of para-hydroxylation sites is 2. The number of esters is 1. The first-order valence-electron chi connectivity index (χ1n) is 8.11. The number of hydrogen-bond acceptors (Lipinski definition) is 6. The van der Waals surface area contributed by atoms with Crippen molar-refractivity contribution in [2.75, 3.05) is 10.6 Å². The summed E-state index contributed by atoms with van der Waals surface area (Å²) >= 11 is 5.87. The second-order valence-corrected chi connectivity index (χ2v) is 6.12. The Bertz CT molecular complexity index is 889.